The van der Waals surface area contributed by atoms with Crippen LogP contribution >= 0.6 is 0 Å². The van der Waals surface area contributed by atoms with Crippen LogP contribution < -0.4 is 5.32 Å². The lowest BCUT2D eigenvalue weighted by Crippen LogP contribution is -2.41. The molecule has 0 bridgehead atoms. The molecule has 5 heteroatoms. The van der Waals surface area contributed by atoms with Crippen LogP contribution in [0.4, 0.5) is 0 Å². The first-order chi connectivity index (χ1) is 7.33. The smallest absolute Gasteiger partial charge is 0.246 e. The molecular weight excluding hydrogens is 196 g/mol. The minimum atomic E-state index is -0.0369. The largest absolute Gasteiger partial charge is 0.379 e. The molecule has 0 atom stereocenters. The van der Waals surface area contributed by atoms with E-state index in [4.69, 9.17) is 9.47 Å². The third-order valence-corrected chi connectivity index (χ3v) is 2.29. The maximum atomic E-state index is 11.2. The molecule has 88 valence electrons. The summed E-state index contributed by atoms with van der Waals surface area (Å²) in [5, 5.41) is 2.82. The van der Waals surface area contributed by atoms with Gasteiger partial charge in [0.1, 0.15) is 6.61 Å². The van der Waals surface area contributed by atoms with Crippen molar-refractivity contribution in [1.82, 2.24) is 10.2 Å². The molecule has 0 aromatic heterocycles. The summed E-state index contributed by atoms with van der Waals surface area (Å²) >= 11 is 0. The normalized spacial score (nSPS) is 17.7. The quantitative estimate of drug-likeness (QED) is 0.648. The van der Waals surface area contributed by atoms with Gasteiger partial charge in [-0.1, -0.05) is 0 Å². The van der Waals surface area contributed by atoms with E-state index in [1.807, 2.05) is 6.92 Å². The van der Waals surface area contributed by atoms with E-state index in [9.17, 15) is 4.79 Å². The second kappa shape index (κ2) is 7.62. The summed E-state index contributed by atoms with van der Waals surface area (Å²) in [6.45, 7) is 7.72. The van der Waals surface area contributed by atoms with Gasteiger partial charge in [0.05, 0.1) is 13.2 Å². The molecule has 1 aliphatic heterocycles. The molecule has 1 fully saturated rings. The Balaban J connectivity index is 1.97. The first-order valence-electron chi connectivity index (χ1n) is 5.47. The van der Waals surface area contributed by atoms with E-state index >= 15 is 0 Å². The second-order valence-electron chi connectivity index (χ2n) is 3.44. The number of carbonyl (C=O) groups is 1. The van der Waals surface area contributed by atoms with Crippen molar-refractivity contribution in [2.45, 2.75) is 6.92 Å². The summed E-state index contributed by atoms with van der Waals surface area (Å²) in [4.78, 5) is 13.4. The highest BCUT2D eigenvalue weighted by molar-refractivity contribution is 5.77. The van der Waals surface area contributed by atoms with E-state index in [0.29, 0.717) is 13.2 Å². The molecule has 1 aliphatic rings. The van der Waals surface area contributed by atoms with E-state index in [1.165, 1.54) is 0 Å². The highest BCUT2D eigenvalue weighted by atomic mass is 16.5. The van der Waals surface area contributed by atoms with Crippen LogP contribution in [0.1, 0.15) is 6.92 Å². The molecule has 1 amide bonds. The van der Waals surface area contributed by atoms with Crippen molar-refractivity contribution >= 4 is 5.91 Å². The fraction of sp³-hybridized carbons (Fsp3) is 0.900. The minimum Gasteiger partial charge on any atom is -0.379 e. The van der Waals surface area contributed by atoms with Crippen molar-refractivity contribution in [1.29, 1.82) is 0 Å². The minimum absolute atomic E-state index is 0.0369. The summed E-state index contributed by atoms with van der Waals surface area (Å²) in [5.41, 5.74) is 0. The third-order valence-electron chi connectivity index (χ3n) is 2.29. The van der Waals surface area contributed by atoms with E-state index in [1.54, 1.807) is 0 Å². The molecule has 5 nitrogen and oxygen atoms in total. The molecule has 0 aromatic carbocycles. The van der Waals surface area contributed by atoms with E-state index in [0.717, 1.165) is 32.8 Å². The van der Waals surface area contributed by atoms with Gasteiger partial charge in [0.15, 0.2) is 0 Å². The van der Waals surface area contributed by atoms with Crippen molar-refractivity contribution in [3.05, 3.63) is 0 Å². The Morgan fingerprint density at radius 3 is 2.87 bits per heavy atom. The number of nitrogens with zero attached hydrogens (tertiary/aromatic N) is 1. The van der Waals surface area contributed by atoms with Gasteiger partial charge < -0.3 is 14.8 Å². The van der Waals surface area contributed by atoms with Crippen molar-refractivity contribution < 1.29 is 14.3 Å². The van der Waals surface area contributed by atoms with E-state index in [-0.39, 0.29) is 12.5 Å². The molecule has 0 saturated carbocycles. The number of carbonyl (C=O) groups excluding carboxylic acids is 1. The Morgan fingerprint density at radius 2 is 2.20 bits per heavy atom. The SMILES string of the molecule is CCOCC(=O)NCCN1CCOCC1. The topological polar surface area (TPSA) is 50.8 Å². The lowest BCUT2D eigenvalue weighted by Gasteiger charge is -2.26. The standard InChI is InChI=1S/C10H20N2O3/c1-2-14-9-10(13)11-3-4-12-5-7-15-8-6-12/h2-9H2,1H3,(H,11,13). The van der Waals surface area contributed by atoms with Gasteiger partial charge >= 0.3 is 0 Å². The Labute approximate surface area is 90.7 Å². The Bertz CT molecular complexity index is 182. The second-order valence-corrected chi connectivity index (χ2v) is 3.44. The molecule has 15 heavy (non-hydrogen) atoms. The van der Waals surface area contributed by atoms with Crippen molar-refractivity contribution in [2.24, 2.45) is 0 Å². The fourth-order valence-corrected chi connectivity index (χ4v) is 1.42. The molecule has 0 unspecified atom stereocenters. The number of rotatable bonds is 6. The maximum Gasteiger partial charge on any atom is 0.246 e. The van der Waals surface area contributed by atoms with Crippen LogP contribution in [-0.4, -0.2) is 63.4 Å². The van der Waals surface area contributed by atoms with Crippen LogP contribution in [0.15, 0.2) is 0 Å². The van der Waals surface area contributed by atoms with Crippen LogP contribution in [-0.2, 0) is 14.3 Å². The first kappa shape index (κ1) is 12.4. The number of hydrogen-bond donors (Lipinski definition) is 1. The van der Waals surface area contributed by atoms with Gasteiger partial charge in [-0.25, -0.2) is 0 Å². The summed E-state index contributed by atoms with van der Waals surface area (Å²) in [6.07, 6.45) is 0. The predicted octanol–water partition coefficient (Wildman–Crippen LogP) is -0.529. The van der Waals surface area contributed by atoms with Crippen molar-refractivity contribution in [3.8, 4) is 0 Å². The monoisotopic (exact) mass is 216 g/mol. The van der Waals surface area contributed by atoms with Gasteiger partial charge in [0.2, 0.25) is 5.91 Å². The van der Waals surface area contributed by atoms with Gasteiger partial charge in [0.25, 0.3) is 0 Å². The summed E-state index contributed by atoms with van der Waals surface area (Å²) in [5.74, 6) is -0.0369. The summed E-state index contributed by atoms with van der Waals surface area (Å²) in [7, 11) is 0. The maximum absolute atomic E-state index is 11.2. The molecule has 1 saturated heterocycles. The highest BCUT2D eigenvalue weighted by Gasteiger charge is 2.09. The van der Waals surface area contributed by atoms with Gasteiger partial charge in [-0.2, -0.15) is 0 Å². The van der Waals surface area contributed by atoms with Gasteiger partial charge in [-0.3, -0.25) is 9.69 Å². The zero-order chi connectivity index (χ0) is 10.9. The van der Waals surface area contributed by atoms with Gasteiger partial charge in [-0.15, -0.1) is 0 Å². The van der Waals surface area contributed by atoms with Gasteiger partial charge in [-0.05, 0) is 6.92 Å². The van der Waals surface area contributed by atoms with Crippen LogP contribution in [0.25, 0.3) is 0 Å². The molecule has 0 spiro atoms. The van der Waals surface area contributed by atoms with Crippen molar-refractivity contribution in [3.63, 3.8) is 0 Å². The van der Waals surface area contributed by atoms with Crippen LogP contribution in [0.5, 0.6) is 0 Å². The molecule has 1 heterocycles. The van der Waals surface area contributed by atoms with Crippen LogP contribution in [0.3, 0.4) is 0 Å². The number of nitrogens with one attached hydrogen (secondary N) is 1. The van der Waals surface area contributed by atoms with Crippen LogP contribution in [0.2, 0.25) is 0 Å². The van der Waals surface area contributed by atoms with Crippen molar-refractivity contribution in [2.75, 3.05) is 52.6 Å². The predicted molar refractivity (Wildman–Crippen MR) is 56.8 cm³/mol. The van der Waals surface area contributed by atoms with Crippen LogP contribution in [0, 0.1) is 0 Å². The number of morpholine rings is 1. The average Bonchev–Trinajstić information content (AvgIpc) is 2.28. The highest BCUT2D eigenvalue weighted by Crippen LogP contribution is 1.94. The zero-order valence-electron chi connectivity index (χ0n) is 9.33. The van der Waals surface area contributed by atoms with E-state index < -0.39 is 0 Å². The third kappa shape index (κ3) is 5.71. The lowest BCUT2D eigenvalue weighted by molar-refractivity contribution is -0.125. The Hall–Kier alpha value is -0.650. The summed E-state index contributed by atoms with van der Waals surface area (Å²) < 4.78 is 10.2. The van der Waals surface area contributed by atoms with E-state index in [2.05, 4.69) is 10.2 Å². The van der Waals surface area contributed by atoms with Gasteiger partial charge in [0, 0.05) is 32.8 Å². The molecular formula is C10H20N2O3. The average molecular weight is 216 g/mol. The molecule has 0 aliphatic carbocycles. The Morgan fingerprint density at radius 1 is 1.47 bits per heavy atom. The number of hydrogen-bond acceptors (Lipinski definition) is 4. The first-order valence-corrected chi connectivity index (χ1v) is 5.47. The zero-order valence-corrected chi connectivity index (χ0v) is 9.33. The lowest BCUT2D eigenvalue weighted by atomic mass is 10.4. The molecule has 1 rings (SSSR count). The molecule has 1 N–H and O–H groups in total. The molecule has 0 aromatic rings. The Kier molecular flexibility index (Phi) is 6.31. The fourth-order valence-electron chi connectivity index (χ4n) is 1.42. The number of ether oxygens (including phenoxy) is 2. The molecule has 0 radical (unpaired) electrons. The summed E-state index contributed by atoms with van der Waals surface area (Å²) in [6, 6.07) is 0. The number of amides is 1.